The van der Waals surface area contributed by atoms with Gasteiger partial charge in [0.25, 0.3) is 0 Å². The summed E-state index contributed by atoms with van der Waals surface area (Å²) in [5.41, 5.74) is 0. The van der Waals surface area contributed by atoms with Crippen LogP contribution in [0.2, 0.25) is 0 Å². The lowest BCUT2D eigenvalue weighted by Gasteiger charge is -2.22. The molecular formula is C10H20N2S. The molecule has 3 heteroatoms. The Labute approximate surface area is 85.4 Å². The predicted octanol–water partition coefficient (Wildman–Crippen LogP) is 1.18. The van der Waals surface area contributed by atoms with Gasteiger partial charge in [-0.15, -0.1) is 0 Å². The lowest BCUT2D eigenvalue weighted by Crippen LogP contribution is -2.41. The summed E-state index contributed by atoms with van der Waals surface area (Å²) >= 11 is 2.12. The van der Waals surface area contributed by atoms with Gasteiger partial charge in [-0.3, -0.25) is 0 Å². The summed E-state index contributed by atoms with van der Waals surface area (Å²) in [7, 11) is 0. The van der Waals surface area contributed by atoms with Crippen LogP contribution in [0.1, 0.15) is 19.3 Å². The smallest absolute Gasteiger partial charge is 0.0285 e. The fourth-order valence-electron chi connectivity index (χ4n) is 2.16. The minimum atomic E-state index is 0.755. The number of nitrogens with zero attached hydrogens (tertiary/aromatic N) is 1. The molecule has 0 aliphatic carbocycles. The van der Waals surface area contributed by atoms with E-state index in [0.29, 0.717) is 0 Å². The van der Waals surface area contributed by atoms with Gasteiger partial charge < -0.3 is 10.2 Å². The average molecular weight is 200 g/mol. The van der Waals surface area contributed by atoms with Gasteiger partial charge in [-0.1, -0.05) is 0 Å². The van der Waals surface area contributed by atoms with Gasteiger partial charge in [-0.2, -0.15) is 11.8 Å². The summed E-state index contributed by atoms with van der Waals surface area (Å²) in [6, 6.07) is 0.755. The highest BCUT2D eigenvalue weighted by molar-refractivity contribution is 7.99. The summed E-state index contributed by atoms with van der Waals surface area (Å²) in [6.45, 7) is 5.18. The quantitative estimate of drug-likeness (QED) is 0.720. The normalized spacial score (nSPS) is 31.8. The lowest BCUT2D eigenvalue weighted by molar-refractivity contribution is 0.302. The number of rotatable bonds is 2. The molecule has 1 N–H and O–H groups in total. The second kappa shape index (κ2) is 5.23. The minimum absolute atomic E-state index is 0.755. The first-order valence-electron chi connectivity index (χ1n) is 5.48. The van der Waals surface area contributed by atoms with E-state index in [4.69, 9.17) is 0 Å². The van der Waals surface area contributed by atoms with Crippen molar-refractivity contribution < 1.29 is 0 Å². The van der Waals surface area contributed by atoms with Crippen LogP contribution >= 0.6 is 11.8 Å². The van der Waals surface area contributed by atoms with Crippen molar-refractivity contribution in [1.29, 1.82) is 0 Å². The van der Waals surface area contributed by atoms with E-state index < -0.39 is 0 Å². The van der Waals surface area contributed by atoms with Crippen LogP contribution in [0.25, 0.3) is 0 Å². The van der Waals surface area contributed by atoms with Crippen LogP contribution in [0.15, 0.2) is 0 Å². The molecule has 0 unspecified atom stereocenters. The summed E-state index contributed by atoms with van der Waals surface area (Å²) in [4.78, 5) is 2.61. The van der Waals surface area contributed by atoms with Gasteiger partial charge in [0, 0.05) is 18.3 Å². The molecule has 0 radical (unpaired) electrons. The van der Waals surface area contributed by atoms with Crippen LogP contribution in [-0.4, -0.2) is 48.6 Å². The van der Waals surface area contributed by atoms with E-state index >= 15 is 0 Å². The predicted molar refractivity (Wildman–Crippen MR) is 59.4 cm³/mol. The third-order valence-corrected chi connectivity index (χ3v) is 4.11. The molecule has 2 heterocycles. The van der Waals surface area contributed by atoms with Crippen molar-refractivity contribution in [3.05, 3.63) is 0 Å². The monoisotopic (exact) mass is 200 g/mol. The maximum atomic E-state index is 3.65. The number of hydrogen-bond acceptors (Lipinski definition) is 3. The first-order valence-corrected chi connectivity index (χ1v) is 6.64. The zero-order valence-electron chi connectivity index (χ0n) is 8.30. The number of thioether (sulfide) groups is 1. The molecule has 2 aliphatic heterocycles. The first kappa shape index (κ1) is 9.81. The molecule has 0 aromatic heterocycles. The summed E-state index contributed by atoms with van der Waals surface area (Å²) in [6.07, 6.45) is 4.18. The number of likely N-dealkylation sites (tertiary alicyclic amines) is 1. The molecule has 2 fully saturated rings. The average Bonchev–Trinajstić information content (AvgIpc) is 2.49. The van der Waals surface area contributed by atoms with Gasteiger partial charge >= 0.3 is 0 Å². The zero-order valence-corrected chi connectivity index (χ0v) is 9.11. The van der Waals surface area contributed by atoms with E-state index in [1.165, 1.54) is 56.9 Å². The molecule has 2 rings (SSSR count). The topological polar surface area (TPSA) is 15.3 Å². The molecule has 76 valence electrons. The Morgan fingerprint density at radius 1 is 1.23 bits per heavy atom. The third-order valence-electron chi connectivity index (χ3n) is 2.89. The van der Waals surface area contributed by atoms with Gasteiger partial charge in [0.15, 0.2) is 0 Å². The standard InChI is InChI=1S/C10H20N2S/c1-2-6-12(5-1)8-10-9-13-7-3-4-11-10/h10-11H,1-9H2/t10-/m1/s1. The molecule has 2 saturated heterocycles. The molecule has 13 heavy (non-hydrogen) atoms. The lowest BCUT2D eigenvalue weighted by atomic mass is 10.3. The van der Waals surface area contributed by atoms with Gasteiger partial charge in [-0.25, -0.2) is 0 Å². The molecule has 0 aromatic carbocycles. The van der Waals surface area contributed by atoms with Crippen LogP contribution < -0.4 is 5.32 Å². The summed E-state index contributed by atoms with van der Waals surface area (Å²) in [5, 5.41) is 3.65. The van der Waals surface area contributed by atoms with Crippen molar-refractivity contribution in [3.8, 4) is 0 Å². The maximum absolute atomic E-state index is 3.65. The molecule has 0 saturated carbocycles. The Bertz CT molecular complexity index is 138. The molecule has 0 bridgehead atoms. The van der Waals surface area contributed by atoms with Crippen LogP contribution in [-0.2, 0) is 0 Å². The van der Waals surface area contributed by atoms with Gasteiger partial charge in [0.05, 0.1) is 0 Å². The van der Waals surface area contributed by atoms with E-state index in [2.05, 4.69) is 22.0 Å². The van der Waals surface area contributed by atoms with Gasteiger partial charge in [-0.05, 0) is 44.6 Å². The maximum Gasteiger partial charge on any atom is 0.0285 e. The van der Waals surface area contributed by atoms with E-state index in [9.17, 15) is 0 Å². The van der Waals surface area contributed by atoms with Crippen molar-refractivity contribution in [1.82, 2.24) is 10.2 Å². The van der Waals surface area contributed by atoms with Crippen LogP contribution in [0.4, 0.5) is 0 Å². The fourth-order valence-corrected chi connectivity index (χ4v) is 3.18. The molecule has 1 atom stereocenters. The second-order valence-corrected chi connectivity index (χ2v) is 5.24. The minimum Gasteiger partial charge on any atom is -0.312 e. The highest BCUT2D eigenvalue weighted by Gasteiger charge is 2.18. The molecule has 2 aliphatic rings. The molecule has 0 amide bonds. The molecule has 0 spiro atoms. The van der Waals surface area contributed by atoms with Crippen molar-refractivity contribution in [2.75, 3.05) is 37.7 Å². The Morgan fingerprint density at radius 2 is 2.08 bits per heavy atom. The van der Waals surface area contributed by atoms with E-state index in [1.807, 2.05) is 0 Å². The van der Waals surface area contributed by atoms with E-state index in [-0.39, 0.29) is 0 Å². The van der Waals surface area contributed by atoms with E-state index in [0.717, 1.165) is 6.04 Å². The Morgan fingerprint density at radius 3 is 2.92 bits per heavy atom. The number of hydrogen-bond donors (Lipinski definition) is 1. The molecule has 2 nitrogen and oxygen atoms in total. The Hall–Kier alpha value is 0.270. The summed E-state index contributed by atoms with van der Waals surface area (Å²) in [5.74, 6) is 2.67. The number of nitrogens with one attached hydrogen (secondary N) is 1. The van der Waals surface area contributed by atoms with Crippen LogP contribution in [0.5, 0.6) is 0 Å². The Balaban J connectivity index is 1.71. The van der Waals surface area contributed by atoms with Crippen LogP contribution in [0.3, 0.4) is 0 Å². The zero-order chi connectivity index (χ0) is 8.93. The van der Waals surface area contributed by atoms with Gasteiger partial charge in [0.1, 0.15) is 0 Å². The van der Waals surface area contributed by atoms with Crippen molar-refractivity contribution in [3.63, 3.8) is 0 Å². The molecule has 0 aromatic rings. The van der Waals surface area contributed by atoms with Gasteiger partial charge in [0.2, 0.25) is 0 Å². The SMILES string of the molecule is C1CN[C@H](CN2CCCC2)CSC1. The summed E-state index contributed by atoms with van der Waals surface area (Å²) < 4.78 is 0. The third kappa shape index (κ3) is 3.15. The highest BCUT2D eigenvalue weighted by Crippen LogP contribution is 2.13. The Kier molecular flexibility index (Phi) is 3.94. The fraction of sp³-hybridized carbons (Fsp3) is 1.00. The van der Waals surface area contributed by atoms with Crippen LogP contribution in [0, 0.1) is 0 Å². The molecular weight excluding hydrogens is 180 g/mol. The first-order chi connectivity index (χ1) is 6.45. The largest absolute Gasteiger partial charge is 0.312 e. The van der Waals surface area contributed by atoms with Crippen molar-refractivity contribution >= 4 is 11.8 Å². The van der Waals surface area contributed by atoms with Crippen molar-refractivity contribution in [2.45, 2.75) is 25.3 Å². The van der Waals surface area contributed by atoms with Crippen molar-refractivity contribution in [2.24, 2.45) is 0 Å². The van der Waals surface area contributed by atoms with E-state index in [1.54, 1.807) is 0 Å². The highest BCUT2D eigenvalue weighted by atomic mass is 32.2. The second-order valence-electron chi connectivity index (χ2n) is 4.09.